The first-order chi connectivity index (χ1) is 12.8. The molecule has 0 bridgehead atoms. The third-order valence-electron chi connectivity index (χ3n) is 4.75. The van der Waals surface area contributed by atoms with E-state index in [9.17, 15) is 18.0 Å². The minimum atomic E-state index is -3.89. The van der Waals surface area contributed by atoms with Crippen LogP contribution in [0.1, 0.15) is 25.3 Å². The summed E-state index contributed by atoms with van der Waals surface area (Å²) in [6.07, 6.45) is 1.28. The summed E-state index contributed by atoms with van der Waals surface area (Å²) >= 11 is 1.64. The predicted octanol–water partition coefficient (Wildman–Crippen LogP) is 1.74. The molecule has 3 unspecified atom stereocenters. The molecular weight excluding hydrogens is 390 g/mol. The van der Waals surface area contributed by atoms with Gasteiger partial charge in [-0.3, -0.25) is 8.98 Å². The van der Waals surface area contributed by atoms with E-state index in [1.165, 1.54) is 12.1 Å². The number of β-lactam (4-membered cyclic amide) rings is 1. The average molecular weight is 414 g/mol. The van der Waals surface area contributed by atoms with E-state index in [4.69, 9.17) is 8.92 Å². The fourth-order valence-corrected chi connectivity index (χ4v) is 5.54. The summed E-state index contributed by atoms with van der Waals surface area (Å²) in [5, 5.41) is 0.0242. The number of fused-ring (bicyclic) bond motifs is 1. The SMILES string of the molecule is CCSC1CC2CC(=O)N2C1C(=O)OCCOS(=O)(=O)c1ccc(C)cc1. The Labute approximate surface area is 163 Å². The fourth-order valence-electron chi connectivity index (χ4n) is 3.43. The van der Waals surface area contributed by atoms with Crippen molar-refractivity contribution in [1.29, 1.82) is 0 Å². The van der Waals surface area contributed by atoms with E-state index in [0.29, 0.717) is 6.42 Å². The highest BCUT2D eigenvalue weighted by atomic mass is 32.2. The maximum absolute atomic E-state index is 12.5. The molecule has 1 amide bonds. The van der Waals surface area contributed by atoms with Gasteiger partial charge in [-0.15, -0.1) is 0 Å². The maximum Gasteiger partial charge on any atom is 0.330 e. The van der Waals surface area contributed by atoms with E-state index in [-0.39, 0.29) is 35.3 Å². The molecule has 7 nitrogen and oxygen atoms in total. The quantitative estimate of drug-likeness (QED) is 0.277. The molecule has 0 saturated carbocycles. The van der Waals surface area contributed by atoms with E-state index >= 15 is 0 Å². The molecule has 0 spiro atoms. The van der Waals surface area contributed by atoms with Crippen LogP contribution in [0.4, 0.5) is 0 Å². The monoisotopic (exact) mass is 413 g/mol. The Morgan fingerprint density at radius 3 is 2.59 bits per heavy atom. The minimum Gasteiger partial charge on any atom is -0.462 e. The van der Waals surface area contributed by atoms with Crippen LogP contribution in [0.2, 0.25) is 0 Å². The molecule has 1 aromatic rings. The second-order valence-electron chi connectivity index (χ2n) is 6.59. The molecule has 2 aliphatic rings. The molecule has 2 saturated heterocycles. The highest BCUT2D eigenvalue weighted by molar-refractivity contribution is 7.99. The lowest BCUT2D eigenvalue weighted by molar-refractivity contribution is -0.160. The lowest BCUT2D eigenvalue weighted by Gasteiger charge is -2.37. The smallest absolute Gasteiger partial charge is 0.330 e. The first-order valence-electron chi connectivity index (χ1n) is 8.89. The van der Waals surface area contributed by atoms with Crippen LogP contribution >= 0.6 is 11.8 Å². The molecule has 0 aliphatic carbocycles. The molecule has 0 radical (unpaired) electrons. The Balaban J connectivity index is 1.51. The Kier molecular flexibility index (Phi) is 6.12. The Hall–Kier alpha value is -1.58. The highest BCUT2D eigenvalue weighted by Gasteiger charge is 2.54. The number of hydrogen-bond donors (Lipinski definition) is 0. The Morgan fingerprint density at radius 2 is 1.96 bits per heavy atom. The van der Waals surface area contributed by atoms with E-state index in [1.807, 2.05) is 13.8 Å². The van der Waals surface area contributed by atoms with E-state index in [0.717, 1.165) is 17.7 Å². The summed E-state index contributed by atoms with van der Waals surface area (Å²) in [6, 6.07) is 5.84. The summed E-state index contributed by atoms with van der Waals surface area (Å²) < 4.78 is 34.4. The van der Waals surface area contributed by atoms with E-state index in [1.54, 1.807) is 28.8 Å². The van der Waals surface area contributed by atoms with Crippen LogP contribution < -0.4 is 0 Å². The fraction of sp³-hybridized carbons (Fsp3) is 0.556. The van der Waals surface area contributed by atoms with Gasteiger partial charge in [0.05, 0.1) is 4.90 Å². The molecular formula is C18H23NO6S2. The zero-order chi connectivity index (χ0) is 19.6. The topological polar surface area (TPSA) is 90.0 Å². The molecule has 9 heteroatoms. The molecule has 2 fully saturated rings. The summed E-state index contributed by atoms with van der Waals surface area (Å²) in [4.78, 5) is 26.0. The molecule has 3 rings (SSSR count). The van der Waals surface area contributed by atoms with Gasteiger partial charge in [-0.2, -0.15) is 20.2 Å². The second-order valence-corrected chi connectivity index (χ2v) is 9.72. The van der Waals surface area contributed by atoms with Gasteiger partial charge in [0.1, 0.15) is 19.3 Å². The number of benzene rings is 1. The van der Waals surface area contributed by atoms with Crippen molar-refractivity contribution >= 4 is 33.8 Å². The normalized spacial score (nSPS) is 24.4. The van der Waals surface area contributed by atoms with Gasteiger partial charge in [0.15, 0.2) is 0 Å². The number of thioether (sulfide) groups is 1. The number of ether oxygens (including phenoxy) is 1. The van der Waals surface area contributed by atoms with Crippen molar-refractivity contribution < 1.29 is 26.9 Å². The van der Waals surface area contributed by atoms with Crippen molar-refractivity contribution in [2.75, 3.05) is 19.0 Å². The Bertz CT molecular complexity index is 808. The first-order valence-corrected chi connectivity index (χ1v) is 11.3. The number of nitrogens with zero attached hydrogens (tertiary/aromatic N) is 1. The largest absolute Gasteiger partial charge is 0.462 e. The number of amides is 1. The van der Waals surface area contributed by atoms with Gasteiger partial charge >= 0.3 is 5.97 Å². The zero-order valence-corrected chi connectivity index (χ0v) is 16.9. The van der Waals surface area contributed by atoms with Gasteiger partial charge in [0.25, 0.3) is 10.1 Å². The van der Waals surface area contributed by atoms with Crippen molar-refractivity contribution in [2.24, 2.45) is 0 Å². The lowest BCUT2D eigenvalue weighted by atomic mass is 10.0. The molecule has 148 valence electrons. The molecule has 1 aromatic carbocycles. The van der Waals surface area contributed by atoms with E-state index < -0.39 is 22.1 Å². The number of esters is 1. The van der Waals surface area contributed by atoms with Gasteiger partial charge in [0.2, 0.25) is 5.91 Å². The Morgan fingerprint density at radius 1 is 1.26 bits per heavy atom. The van der Waals surface area contributed by atoms with Crippen molar-refractivity contribution in [3.8, 4) is 0 Å². The molecule has 3 atom stereocenters. The summed E-state index contributed by atoms with van der Waals surface area (Å²) in [6.45, 7) is 3.42. The molecule has 27 heavy (non-hydrogen) atoms. The van der Waals surface area contributed by atoms with Crippen LogP contribution in [0.25, 0.3) is 0 Å². The molecule has 2 aliphatic heterocycles. The van der Waals surface area contributed by atoms with Gasteiger partial charge in [-0.05, 0) is 31.2 Å². The number of aryl methyl sites for hydroxylation is 1. The van der Waals surface area contributed by atoms with Crippen LogP contribution in [0.5, 0.6) is 0 Å². The van der Waals surface area contributed by atoms with Crippen LogP contribution in [-0.2, 0) is 28.6 Å². The zero-order valence-electron chi connectivity index (χ0n) is 15.3. The summed E-state index contributed by atoms with van der Waals surface area (Å²) in [5.74, 6) is 0.327. The third kappa shape index (κ3) is 4.30. The van der Waals surface area contributed by atoms with Gasteiger partial charge in [-0.25, -0.2) is 4.79 Å². The van der Waals surface area contributed by atoms with Crippen LogP contribution in [-0.4, -0.2) is 61.5 Å². The minimum absolute atomic E-state index is 0.0242. The summed E-state index contributed by atoms with van der Waals surface area (Å²) in [5.41, 5.74) is 0.942. The molecule has 0 aromatic heterocycles. The van der Waals surface area contributed by atoms with Crippen molar-refractivity contribution in [3.05, 3.63) is 29.8 Å². The number of carbonyl (C=O) groups is 2. The number of rotatable bonds is 8. The summed E-state index contributed by atoms with van der Waals surface area (Å²) in [7, 11) is -3.89. The highest BCUT2D eigenvalue weighted by Crippen LogP contribution is 2.41. The van der Waals surface area contributed by atoms with Crippen molar-refractivity contribution in [1.82, 2.24) is 4.90 Å². The number of carbonyl (C=O) groups excluding carboxylic acids is 2. The predicted molar refractivity (Wildman–Crippen MR) is 101 cm³/mol. The van der Waals surface area contributed by atoms with Gasteiger partial charge in [-0.1, -0.05) is 24.6 Å². The third-order valence-corrected chi connectivity index (χ3v) is 7.28. The standard InChI is InChI=1S/C18H23NO6S2/c1-3-26-15-10-13-11-16(20)19(13)17(15)18(21)24-8-9-25-27(22,23)14-6-4-12(2)5-7-14/h4-7,13,15,17H,3,8-11H2,1-2H3. The van der Waals surface area contributed by atoms with Crippen molar-refractivity contribution in [2.45, 2.75) is 48.9 Å². The molecule has 0 N–H and O–H groups in total. The average Bonchev–Trinajstić information content (AvgIpc) is 2.91. The van der Waals surface area contributed by atoms with Crippen molar-refractivity contribution in [3.63, 3.8) is 0 Å². The van der Waals surface area contributed by atoms with Crippen LogP contribution in [0, 0.1) is 6.92 Å². The second kappa shape index (κ2) is 8.20. The lowest BCUT2D eigenvalue weighted by Crippen LogP contribution is -2.55. The number of hydrogen-bond acceptors (Lipinski definition) is 7. The van der Waals surface area contributed by atoms with E-state index in [2.05, 4.69) is 0 Å². The van der Waals surface area contributed by atoms with Crippen LogP contribution in [0.15, 0.2) is 29.2 Å². The first kappa shape index (κ1) is 20.2. The maximum atomic E-state index is 12.5. The van der Waals surface area contributed by atoms with Gasteiger partial charge in [0, 0.05) is 17.7 Å². The van der Waals surface area contributed by atoms with Gasteiger partial charge < -0.3 is 9.64 Å². The van der Waals surface area contributed by atoms with Crippen LogP contribution in [0.3, 0.4) is 0 Å². The molecule has 2 heterocycles.